The minimum atomic E-state index is -0.224. The largest absolute Gasteiger partial charge is 0.479 e. The molecule has 0 spiro atoms. The summed E-state index contributed by atoms with van der Waals surface area (Å²) in [6.07, 6.45) is 1.03. The van der Waals surface area contributed by atoms with Crippen LogP contribution in [-0.2, 0) is 4.74 Å². The van der Waals surface area contributed by atoms with Crippen molar-refractivity contribution in [2.45, 2.75) is 26.3 Å². The molecule has 0 radical (unpaired) electrons. The van der Waals surface area contributed by atoms with Gasteiger partial charge in [-0.3, -0.25) is 4.90 Å². The Balaban J connectivity index is 1.82. The van der Waals surface area contributed by atoms with E-state index >= 15 is 0 Å². The number of rotatable bonds is 8. The summed E-state index contributed by atoms with van der Waals surface area (Å²) >= 11 is 0. The number of carbonyl (C=O) groups excluding carboxylic acids is 1. The molecule has 0 aliphatic carbocycles. The van der Waals surface area contributed by atoms with Crippen LogP contribution < -0.4 is 15.4 Å². The van der Waals surface area contributed by atoms with Gasteiger partial charge in [-0.2, -0.15) is 5.26 Å². The van der Waals surface area contributed by atoms with E-state index in [0.717, 1.165) is 32.7 Å². The molecule has 2 N–H and O–H groups in total. The van der Waals surface area contributed by atoms with E-state index in [9.17, 15) is 4.79 Å². The molecule has 7 nitrogen and oxygen atoms in total. The molecule has 1 heterocycles. The summed E-state index contributed by atoms with van der Waals surface area (Å²) in [5, 5.41) is 14.3. The topological polar surface area (TPSA) is 86.6 Å². The number of ether oxygens (including phenoxy) is 2. The lowest BCUT2D eigenvalue weighted by Gasteiger charge is -2.35. The maximum Gasteiger partial charge on any atom is 0.319 e. The fraction of sp³-hybridized carbons (Fsp3) is 0.579. The first-order valence-corrected chi connectivity index (χ1v) is 9.05. The summed E-state index contributed by atoms with van der Waals surface area (Å²) in [5.41, 5.74) is 0.679. The lowest BCUT2D eigenvalue weighted by molar-refractivity contribution is 0.0130. The molecule has 0 aromatic heterocycles. The number of hydrogen-bond acceptors (Lipinski definition) is 5. The number of nitrogens with zero attached hydrogens (tertiary/aromatic N) is 2. The molecule has 0 saturated carbocycles. The molecule has 1 atom stereocenters. The maximum absolute atomic E-state index is 12.2. The molecule has 26 heavy (non-hydrogen) atoms. The van der Waals surface area contributed by atoms with Crippen molar-refractivity contribution in [3.8, 4) is 11.8 Å². The van der Waals surface area contributed by atoms with Crippen LogP contribution in [0.3, 0.4) is 0 Å². The Morgan fingerprint density at radius 1 is 1.31 bits per heavy atom. The SMILES string of the molecule is CC(C)CC(CNC(=O)Nc1ccc(OCC#N)cc1)N1CCOCC1. The Hall–Kier alpha value is -2.30. The predicted molar refractivity (Wildman–Crippen MR) is 100 cm³/mol. The van der Waals surface area contributed by atoms with E-state index in [1.165, 1.54) is 0 Å². The van der Waals surface area contributed by atoms with Crippen molar-refractivity contribution in [3.63, 3.8) is 0 Å². The zero-order chi connectivity index (χ0) is 18.8. The standard InChI is InChI=1S/C19H28N4O3/c1-15(2)13-17(23-8-11-25-12-9-23)14-21-19(24)22-16-3-5-18(6-4-16)26-10-7-20/h3-6,15,17H,8-14H2,1-2H3,(H2,21,22,24). The second kappa shape index (κ2) is 10.6. The van der Waals surface area contributed by atoms with E-state index in [1.807, 2.05) is 6.07 Å². The Kier molecular flexibility index (Phi) is 8.19. The van der Waals surface area contributed by atoms with Crippen molar-refractivity contribution in [1.29, 1.82) is 5.26 Å². The molecule has 1 unspecified atom stereocenters. The first-order valence-electron chi connectivity index (χ1n) is 9.05. The zero-order valence-corrected chi connectivity index (χ0v) is 15.5. The Labute approximate surface area is 155 Å². The number of morpholine rings is 1. The summed E-state index contributed by atoms with van der Waals surface area (Å²) < 4.78 is 10.6. The molecule has 1 aliphatic heterocycles. The molecule has 2 amide bonds. The average Bonchev–Trinajstić information content (AvgIpc) is 2.65. The molecule has 7 heteroatoms. The quantitative estimate of drug-likeness (QED) is 0.744. The van der Waals surface area contributed by atoms with Crippen molar-refractivity contribution in [2.75, 3.05) is 44.8 Å². The van der Waals surface area contributed by atoms with E-state index in [-0.39, 0.29) is 12.6 Å². The van der Waals surface area contributed by atoms with Gasteiger partial charge in [-0.25, -0.2) is 4.79 Å². The first kappa shape index (κ1) is 20.0. The monoisotopic (exact) mass is 360 g/mol. The predicted octanol–water partition coefficient (Wildman–Crippen LogP) is 2.46. The fourth-order valence-electron chi connectivity index (χ4n) is 2.98. The Bertz CT molecular complexity index is 592. The minimum absolute atomic E-state index is 0.00599. The van der Waals surface area contributed by atoms with Gasteiger partial charge in [-0.15, -0.1) is 0 Å². The summed E-state index contributed by atoms with van der Waals surface area (Å²) in [6.45, 7) is 8.32. The van der Waals surface area contributed by atoms with Crippen molar-refractivity contribution in [1.82, 2.24) is 10.2 Å². The van der Waals surface area contributed by atoms with E-state index in [0.29, 0.717) is 29.9 Å². The van der Waals surface area contributed by atoms with Crippen LogP contribution in [0.2, 0.25) is 0 Å². The first-order chi connectivity index (χ1) is 12.6. The second-order valence-corrected chi connectivity index (χ2v) is 6.74. The van der Waals surface area contributed by atoms with E-state index < -0.39 is 0 Å². The van der Waals surface area contributed by atoms with Gasteiger partial charge in [0.05, 0.1) is 13.2 Å². The highest BCUT2D eigenvalue weighted by molar-refractivity contribution is 5.89. The van der Waals surface area contributed by atoms with Gasteiger partial charge in [0.25, 0.3) is 0 Å². The molecule has 1 aliphatic rings. The summed E-state index contributed by atoms with van der Waals surface area (Å²) in [6, 6.07) is 8.95. The van der Waals surface area contributed by atoms with Crippen LogP contribution in [0, 0.1) is 17.2 Å². The fourth-order valence-corrected chi connectivity index (χ4v) is 2.98. The van der Waals surface area contributed by atoms with Gasteiger partial charge in [0.15, 0.2) is 6.61 Å². The Morgan fingerprint density at radius 2 is 2.00 bits per heavy atom. The highest BCUT2D eigenvalue weighted by Gasteiger charge is 2.22. The minimum Gasteiger partial charge on any atom is -0.479 e. The second-order valence-electron chi connectivity index (χ2n) is 6.74. The number of benzene rings is 1. The van der Waals surface area contributed by atoms with Gasteiger partial charge in [-0.1, -0.05) is 13.8 Å². The number of nitriles is 1. The molecule has 0 bridgehead atoms. The third-order valence-electron chi connectivity index (χ3n) is 4.22. The highest BCUT2D eigenvalue weighted by atomic mass is 16.5. The van der Waals surface area contributed by atoms with E-state index in [2.05, 4.69) is 29.4 Å². The van der Waals surface area contributed by atoms with Crippen molar-refractivity contribution < 1.29 is 14.3 Å². The van der Waals surface area contributed by atoms with Gasteiger partial charge in [0.1, 0.15) is 11.8 Å². The molecule has 1 saturated heterocycles. The average molecular weight is 360 g/mol. The highest BCUT2D eigenvalue weighted by Crippen LogP contribution is 2.16. The summed E-state index contributed by atoms with van der Waals surface area (Å²) in [7, 11) is 0. The van der Waals surface area contributed by atoms with Crippen LogP contribution in [0.4, 0.5) is 10.5 Å². The van der Waals surface area contributed by atoms with Gasteiger partial charge >= 0.3 is 6.03 Å². The lowest BCUT2D eigenvalue weighted by Crippen LogP contribution is -2.49. The maximum atomic E-state index is 12.2. The van der Waals surface area contributed by atoms with Crippen LogP contribution in [-0.4, -0.2) is 56.4 Å². The van der Waals surface area contributed by atoms with Gasteiger partial charge in [0, 0.05) is 31.4 Å². The lowest BCUT2D eigenvalue weighted by atomic mass is 10.0. The molecular weight excluding hydrogens is 332 g/mol. The number of anilines is 1. The number of hydrogen-bond donors (Lipinski definition) is 2. The van der Waals surface area contributed by atoms with Gasteiger partial charge in [-0.05, 0) is 36.6 Å². The van der Waals surface area contributed by atoms with E-state index in [4.69, 9.17) is 14.7 Å². The molecule has 1 fully saturated rings. The third kappa shape index (κ3) is 6.90. The van der Waals surface area contributed by atoms with Crippen LogP contribution in [0.15, 0.2) is 24.3 Å². The number of urea groups is 1. The molecule has 1 aromatic carbocycles. The molecule has 2 rings (SSSR count). The number of nitrogens with one attached hydrogen (secondary N) is 2. The zero-order valence-electron chi connectivity index (χ0n) is 15.5. The normalized spacial score (nSPS) is 15.9. The summed E-state index contributed by atoms with van der Waals surface area (Å²) in [4.78, 5) is 14.6. The van der Waals surface area contributed by atoms with Crippen LogP contribution >= 0.6 is 0 Å². The van der Waals surface area contributed by atoms with Crippen LogP contribution in [0.1, 0.15) is 20.3 Å². The van der Waals surface area contributed by atoms with Crippen LogP contribution in [0.5, 0.6) is 5.75 Å². The molecular formula is C19H28N4O3. The van der Waals surface area contributed by atoms with Crippen LogP contribution in [0.25, 0.3) is 0 Å². The van der Waals surface area contributed by atoms with Gasteiger partial charge < -0.3 is 20.1 Å². The van der Waals surface area contributed by atoms with E-state index in [1.54, 1.807) is 24.3 Å². The van der Waals surface area contributed by atoms with Crippen molar-refractivity contribution >= 4 is 11.7 Å². The number of amides is 2. The number of carbonyl (C=O) groups is 1. The smallest absolute Gasteiger partial charge is 0.319 e. The third-order valence-corrected chi connectivity index (χ3v) is 4.22. The van der Waals surface area contributed by atoms with Crippen molar-refractivity contribution in [2.24, 2.45) is 5.92 Å². The Morgan fingerprint density at radius 3 is 2.62 bits per heavy atom. The summed E-state index contributed by atoms with van der Waals surface area (Å²) in [5.74, 6) is 1.16. The molecule has 1 aromatic rings. The molecule has 142 valence electrons. The van der Waals surface area contributed by atoms with Gasteiger partial charge in [0.2, 0.25) is 0 Å². The van der Waals surface area contributed by atoms with Crippen molar-refractivity contribution in [3.05, 3.63) is 24.3 Å².